The zero-order valence-corrected chi connectivity index (χ0v) is 17.9. The van der Waals surface area contributed by atoms with Crippen LogP contribution in [-0.2, 0) is 7.05 Å². The zero-order chi connectivity index (χ0) is 20.5. The molecule has 29 heavy (non-hydrogen) atoms. The molecule has 4 rings (SSSR count). The third-order valence-corrected chi connectivity index (χ3v) is 6.26. The minimum atomic E-state index is -0.449. The molecule has 2 heterocycles. The number of hydrogen-bond donors (Lipinski definition) is 0. The topological polar surface area (TPSA) is 37.3 Å². The molecule has 0 saturated carbocycles. The zero-order valence-electron chi connectivity index (χ0n) is 16.3. The SMILES string of the molecule is CN(C)c1ccc2cc(/C(Cl)=C/C=C/c3sc4ccccc4[n+]3C)c(=O)oc2c1. The number of benzene rings is 2. The summed E-state index contributed by atoms with van der Waals surface area (Å²) in [6.07, 6.45) is 5.56. The lowest BCUT2D eigenvalue weighted by molar-refractivity contribution is -0.642. The van der Waals surface area contributed by atoms with E-state index >= 15 is 0 Å². The van der Waals surface area contributed by atoms with Crippen LogP contribution in [0.4, 0.5) is 5.69 Å². The molecule has 0 bridgehead atoms. The van der Waals surface area contributed by atoms with Gasteiger partial charge in [-0.2, -0.15) is 4.57 Å². The van der Waals surface area contributed by atoms with Gasteiger partial charge in [-0.1, -0.05) is 41.1 Å². The summed E-state index contributed by atoms with van der Waals surface area (Å²) in [4.78, 5) is 14.4. The molecule has 2 aromatic heterocycles. The average Bonchev–Trinajstić information content (AvgIpc) is 3.02. The monoisotopic (exact) mass is 423 g/mol. The van der Waals surface area contributed by atoms with E-state index in [1.54, 1.807) is 23.5 Å². The van der Waals surface area contributed by atoms with Crippen molar-refractivity contribution < 1.29 is 8.98 Å². The maximum absolute atomic E-state index is 12.4. The van der Waals surface area contributed by atoms with Crippen molar-refractivity contribution in [3.05, 3.63) is 81.7 Å². The second kappa shape index (κ2) is 7.85. The van der Waals surface area contributed by atoms with Gasteiger partial charge in [0.05, 0.1) is 10.6 Å². The molecule has 6 heteroatoms. The number of aryl methyl sites for hydroxylation is 1. The van der Waals surface area contributed by atoms with Gasteiger partial charge in [-0.15, -0.1) is 0 Å². The largest absolute Gasteiger partial charge is 0.422 e. The lowest BCUT2D eigenvalue weighted by Gasteiger charge is -2.12. The fourth-order valence-electron chi connectivity index (χ4n) is 3.12. The quantitative estimate of drug-likeness (QED) is 0.257. The van der Waals surface area contributed by atoms with Crippen molar-refractivity contribution in [1.82, 2.24) is 0 Å². The molecule has 146 valence electrons. The van der Waals surface area contributed by atoms with Gasteiger partial charge in [-0.25, -0.2) is 4.79 Å². The number of nitrogens with zero attached hydrogens (tertiary/aromatic N) is 2. The molecule has 0 aliphatic carbocycles. The Morgan fingerprint density at radius 3 is 2.72 bits per heavy atom. The summed E-state index contributed by atoms with van der Waals surface area (Å²) in [7, 11) is 5.91. The summed E-state index contributed by atoms with van der Waals surface area (Å²) < 4.78 is 8.84. The first-order valence-electron chi connectivity index (χ1n) is 9.11. The lowest BCUT2D eigenvalue weighted by Crippen LogP contribution is -2.28. The highest BCUT2D eigenvalue weighted by Gasteiger charge is 2.13. The number of rotatable bonds is 4. The Bertz CT molecular complexity index is 1330. The van der Waals surface area contributed by atoms with Crippen LogP contribution in [0.5, 0.6) is 0 Å². The van der Waals surface area contributed by atoms with Gasteiger partial charge in [0.1, 0.15) is 17.3 Å². The molecule has 0 N–H and O–H groups in total. The second-order valence-electron chi connectivity index (χ2n) is 6.90. The first-order valence-corrected chi connectivity index (χ1v) is 10.3. The van der Waals surface area contributed by atoms with Crippen LogP contribution in [0, 0.1) is 0 Å². The predicted octanol–water partition coefficient (Wildman–Crippen LogP) is 5.19. The third kappa shape index (κ3) is 3.84. The second-order valence-corrected chi connectivity index (χ2v) is 8.37. The summed E-state index contributed by atoms with van der Waals surface area (Å²) in [5.41, 5.74) is 2.59. The molecule has 0 amide bonds. The van der Waals surface area contributed by atoms with Crippen LogP contribution in [-0.4, -0.2) is 14.1 Å². The van der Waals surface area contributed by atoms with E-state index in [9.17, 15) is 4.79 Å². The minimum Gasteiger partial charge on any atom is -0.422 e. The van der Waals surface area contributed by atoms with Crippen molar-refractivity contribution in [2.24, 2.45) is 7.05 Å². The van der Waals surface area contributed by atoms with Gasteiger partial charge in [0, 0.05) is 43.4 Å². The molecule has 0 aliphatic rings. The molecule has 2 aromatic carbocycles. The Kier molecular flexibility index (Phi) is 5.26. The van der Waals surface area contributed by atoms with Crippen LogP contribution in [0.1, 0.15) is 10.6 Å². The first kappa shape index (κ1) is 19.4. The lowest BCUT2D eigenvalue weighted by atomic mass is 10.1. The smallest absolute Gasteiger partial charge is 0.345 e. The molecule has 4 nitrogen and oxygen atoms in total. The molecule has 0 spiro atoms. The number of fused-ring (bicyclic) bond motifs is 2. The number of halogens is 1. The molecular formula is C23H20ClN2O2S+. The minimum absolute atomic E-state index is 0.345. The molecular weight excluding hydrogens is 404 g/mol. The van der Waals surface area contributed by atoms with Crippen molar-refractivity contribution in [3.8, 4) is 0 Å². The molecule has 0 aliphatic heterocycles. The predicted molar refractivity (Wildman–Crippen MR) is 123 cm³/mol. The number of anilines is 1. The Morgan fingerprint density at radius 1 is 1.17 bits per heavy atom. The molecule has 0 atom stereocenters. The highest BCUT2D eigenvalue weighted by molar-refractivity contribution is 7.18. The number of aromatic nitrogens is 1. The average molecular weight is 424 g/mol. The van der Waals surface area contributed by atoms with E-state index in [-0.39, 0.29) is 0 Å². The highest BCUT2D eigenvalue weighted by atomic mass is 35.5. The summed E-state index contributed by atoms with van der Waals surface area (Å²) in [5.74, 6) is 0. The van der Waals surface area contributed by atoms with Crippen LogP contribution in [0.2, 0.25) is 0 Å². The fraction of sp³-hybridized carbons (Fsp3) is 0.130. The van der Waals surface area contributed by atoms with Gasteiger partial charge in [0.25, 0.3) is 5.01 Å². The summed E-state index contributed by atoms with van der Waals surface area (Å²) in [6.45, 7) is 0. The van der Waals surface area contributed by atoms with E-state index in [0.717, 1.165) is 16.1 Å². The third-order valence-electron chi connectivity index (χ3n) is 4.75. The number of para-hydroxylation sites is 1. The van der Waals surface area contributed by atoms with Crippen LogP contribution in [0.25, 0.3) is 32.3 Å². The van der Waals surface area contributed by atoms with Gasteiger partial charge in [0.2, 0.25) is 5.52 Å². The number of allylic oxidation sites excluding steroid dienone is 2. The normalized spacial score (nSPS) is 12.3. The number of thiazole rings is 1. The molecule has 0 radical (unpaired) electrons. The highest BCUT2D eigenvalue weighted by Crippen LogP contribution is 2.25. The number of hydrogen-bond acceptors (Lipinski definition) is 4. The van der Waals surface area contributed by atoms with E-state index in [4.69, 9.17) is 16.0 Å². The fourth-order valence-corrected chi connectivity index (χ4v) is 4.38. The Labute approximate surface area is 177 Å². The first-order chi connectivity index (χ1) is 13.9. The summed E-state index contributed by atoms with van der Waals surface area (Å²) in [6, 6.07) is 15.8. The summed E-state index contributed by atoms with van der Waals surface area (Å²) >= 11 is 8.12. The van der Waals surface area contributed by atoms with Gasteiger partial charge < -0.3 is 9.32 Å². The van der Waals surface area contributed by atoms with Crippen LogP contribution in [0.3, 0.4) is 0 Å². The van der Waals surface area contributed by atoms with Crippen LogP contribution in [0.15, 0.2) is 69.9 Å². The van der Waals surface area contributed by atoms with Gasteiger partial charge in [-0.05, 0) is 30.3 Å². The molecule has 0 unspecified atom stereocenters. The van der Waals surface area contributed by atoms with Crippen molar-refractivity contribution >= 4 is 60.9 Å². The van der Waals surface area contributed by atoms with Crippen molar-refractivity contribution in [1.29, 1.82) is 0 Å². The Hall–Kier alpha value is -2.89. The van der Waals surface area contributed by atoms with Crippen LogP contribution >= 0.6 is 22.9 Å². The van der Waals surface area contributed by atoms with Gasteiger partial charge >= 0.3 is 5.63 Å². The van der Waals surface area contributed by atoms with Crippen molar-refractivity contribution in [2.75, 3.05) is 19.0 Å². The maximum atomic E-state index is 12.4. The van der Waals surface area contributed by atoms with Crippen molar-refractivity contribution in [3.63, 3.8) is 0 Å². The van der Waals surface area contributed by atoms with Gasteiger partial charge in [-0.3, -0.25) is 0 Å². The molecule has 0 fully saturated rings. The molecule has 0 saturated heterocycles. The summed E-state index contributed by atoms with van der Waals surface area (Å²) in [5, 5.41) is 2.27. The van der Waals surface area contributed by atoms with Gasteiger partial charge in [0.15, 0.2) is 0 Å². The van der Waals surface area contributed by atoms with E-state index in [0.29, 0.717) is 16.2 Å². The standard InChI is InChI=1S/C23H20ClN2O2S/c1-25(2)16-12-11-15-13-17(23(27)28-20(15)14-16)18(24)7-6-10-22-26(3)19-8-4-5-9-21(19)29-22/h4-14H,1-3H3/q+1. The van der Waals surface area contributed by atoms with Crippen molar-refractivity contribution in [2.45, 2.75) is 0 Å². The molecule has 4 aromatic rings. The van der Waals surface area contributed by atoms with E-state index in [1.807, 2.05) is 68.5 Å². The van der Waals surface area contributed by atoms with E-state index in [2.05, 4.69) is 16.7 Å². The Balaban J connectivity index is 1.66. The van der Waals surface area contributed by atoms with E-state index in [1.165, 1.54) is 10.2 Å². The maximum Gasteiger partial charge on any atom is 0.345 e. The van der Waals surface area contributed by atoms with E-state index < -0.39 is 5.63 Å². The Morgan fingerprint density at radius 2 is 1.97 bits per heavy atom. The van der Waals surface area contributed by atoms with Crippen LogP contribution < -0.4 is 15.1 Å².